The molecule has 0 radical (unpaired) electrons. The molecule has 0 amide bonds. The van der Waals surface area contributed by atoms with Crippen LogP contribution in [0.1, 0.15) is 12.0 Å². The van der Waals surface area contributed by atoms with Crippen LogP contribution in [0.15, 0.2) is 71.8 Å². The maximum Gasteiger partial charge on any atom is 0.312 e. The average molecular weight is 358 g/mol. The molecule has 134 valence electrons. The van der Waals surface area contributed by atoms with Crippen LogP contribution in [0.5, 0.6) is 5.75 Å². The van der Waals surface area contributed by atoms with E-state index >= 15 is 0 Å². The molecule has 0 spiro atoms. The summed E-state index contributed by atoms with van der Waals surface area (Å²) in [5.74, 6) is 0.111. The van der Waals surface area contributed by atoms with Gasteiger partial charge in [0.1, 0.15) is 5.75 Å². The molecular formula is C22H18N2O3. The first-order chi connectivity index (χ1) is 13.1. The number of esters is 1. The fourth-order valence-corrected chi connectivity index (χ4v) is 3.12. The van der Waals surface area contributed by atoms with E-state index in [2.05, 4.69) is 4.98 Å². The van der Waals surface area contributed by atoms with E-state index < -0.39 is 0 Å². The van der Waals surface area contributed by atoms with Gasteiger partial charge in [0.05, 0.1) is 23.7 Å². The van der Waals surface area contributed by atoms with Crippen LogP contribution in [0.25, 0.3) is 21.7 Å². The smallest absolute Gasteiger partial charge is 0.312 e. The maximum absolute atomic E-state index is 12.6. The highest BCUT2D eigenvalue weighted by molar-refractivity contribution is 5.85. The Morgan fingerprint density at radius 3 is 2.70 bits per heavy atom. The Kier molecular flexibility index (Phi) is 4.42. The molecule has 3 aromatic carbocycles. The lowest BCUT2D eigenvalue weighted by atomic mass is 10.1. The van der Waals surface area contributed by atoms with Crippen LogP contribution in [-0.2, 0) is 11.3 Å². The molecule has 0 N–H and O–H groups in total. The standard InChI is InChI=1S/C22H18N2O3/c1-15-5-4-8-19-21(15)23-14-24(22(19)26)12-11-20(25)27-18-10-9-16-6-2-3-7-17(16)13-18/h2-10,13-14H,11-12H2,1H3. The zero-order valence-corrected chi connectivity index (χ0v) is 14.9. The number of hydrogen-bond donors (Lipinski definition) is 0. The number of ether oxygens (including phenoxy) is 1. The van der Waals surface area contributed by atoms with Crippen molar-refractivity contribution in [2.75, 3.05) is 0 Å². The zero-order valence-electron chi connectivity index (χ0n) is 14.9. The summed E-state index contributed by atoms with van der Waals surface area (Å²) in [5, 5.41) is 2.65. The minimum Gasteiger partial charge on any atom is -0.426 e. The molecule has 0 fully saturated rings. The van der Waals surface area contributed by atoms with Gasteiger partial charge in [-0.15, -0.1) is 0 Å². The Bertz CT molecular complexity index is 1210. The van der Waals surface area contributed by atoms with Gasteiger partial charge in [0.15, 0.2) is 0 Å². The average Bonchev–Trinajstić information content (AvgIpc) is 2.68. The van der Waals surface area contributed by atoms with Gasteiger partial charge in [-0.2, -0.15) is 0 Å². The van der Waals surface area contributed by atoms with E-state index in [1.165, 1.54) is 10.9 Å². The maximum atomic E-state index is 12.6. The Morgan fingerprint density at radius 2 is 1.85 bits per heavy atom. The molecule has 27 heavy (non-hydrogen) atoms. The predicted molar refractivity (Wildman–Crippen MR) is 105 cm³/mol. The molecule has 0 saturated carbocycles. The van der Waals surface area contributed by atoms with Gasteiger partial charge < -0.3 is 4.74 Å². The van der Waals surface area contributed by atoms with Gasteiger partial charge in [-0.25, -0.2) is 4.98 Å². The predicted octanol–water partition coefficient (Wildman–Crippen LogP) is 3.85. The van der Waals surface area contributed by atoms with Crippen LogP contribution in [0.2, 0.25) is 0 Å². The van der Waals surface area contributed by atoms with Crippen molar-refractivity contribution in [3.05, 3.63) is 82.9 Å². The van der Waals surface area contributed by atoms with E-state index in [0.29, 0.717) is 16.7 Å². The van der Waals surface area contributed by atoms with Crippen molar-refractivity contribution in [2.45, 2.75) is 19.9 Å². The summed E-state index contributed by atoms with van der Waals surface area (Å²) in [5.41, 5.74) is 1.49. The molecule has 0 aliphatic carbocycles. The van der Waals surface area contributed by atoms with Crippen molar-refractivity contribution in [3.63, 3.8) is 0 Å². The van der Waals surface area contributed by atoms with E-state index in [0.717, 1.165) is 16.3 Å². The molecule has 0 unspecified atom stereocenters. The highest BCUT2D eigenvalue weighted by Gasteiger charge is 2.09. The summed E-state index contributed by atoms with van der Waals surface area (Å²) in [6.45, 7) is 2.14. The van der Waals surface area contributed by atoms with Crippen LogP contribution in [0, 0.1) is 6.92 Å². The van der Waals surface area contributed by atoms with E-state index in [4.69, 9.17) is 4.74 Å². The summed E-state index contributed by atoms with van der Waals surface area (Å²) < 4.78 is 6.86. The summed E-state index contributed by atoms with van der Waals surface area (Å²) in [7, 11) is 0. The molecule has 0 atom stereocenters. The van der Waals surface area contributed by atoms with Crippen LogP contribution in [-0.4, -0.2) is 15.5 Å². The Hall–Kier alpha value is -3.47. The molecule has 5 nitrogen and oxygen atoms in total. The second-order valence-electron chi connectivity index (χ2n) is 6.45. The minimum atomic E-state index is -0.387. The third-order valence-corrected chi connectivity index (χ3v) is 4.56. The van der Waals surface area contributed by atoms with Crippen LogP contribution >= 0.6 is 0 Å². The third-order valence-electron chi connectivity index (χ3n) is 4.56. The van der Waals surface area contributed by atoms with Crippen molar-refractivity contribution in [2.24, 2.45) is 0 Å². The summed E-state index contributed by atoms with van der Waals surface area (Å²) >= 11 is 0. The number of carbonyl (C=O) groups excluding carboxylic acids is 1. The zero-order chi connectivity index (χ0) is 18.8. The number of benzene rings is 3. The van der Waals surface area contributed by atoms with Crippen molar-refractivity contribution >= 4 is 27.6 Å². The SMILES string of the molecule is Cc1cccc2c(=O)n(CCC(=O)Oc3ccc4ccccc4c3)cnc12. The number of fused-ring (bicyclic) bond motifs is 2. The fourth-order valence-electron chi connectivity index (χ4n) is 3.12. The van der Waals surface area contributed by atoms with Gasteiger partial charge in [0, 0.05) is 6.54 Å². The molecule has 0 aliphatic rings. The first-order valence-corrected chi connectivity index (χ1v) is 8.76. The molecule has 1 aromatic heterocycles. The highest BCUT2D eigenvalue weighted by atomic mass is 16.5. The van der Waals surface area contributed by atoms with Crippen molar-refractivity contribution in [1.29, 1.82) is 0 Å². The normalized spacial score (nSPS) is 11.0. The quantitative estimate of drug-likeness (QED) is 0.411. The lowest BCUT2D eigenvalue weighted by molar-refractivity contribution is -0.134. The van der Waals surface area contributed by atoms with Gasteiger partial charge in [-0.1, -0.05) is 42.5 Å². The summed E-state index contributed by atoms with van der Waals surface area (Å²) in [6, 6.07) is 18.9. The highest BCUT2D eigenvalue weighted by Crippen LogP contribution is 2.21. The molecule has 0 saturated heterocycles. The largest absolute Gasteiger partial charge is 0.426 e. The Morgan fingerprint density at radius 1 is 1.04 bits per heavy atom. The number of carbonyl (C=O) groups is 1. The lowest BCUT2D eigenvalue weighted by Crippen LogP contribution is -2.23. The number of para-hydroxylation sites is 1. The van der Waals surface area contributed by atoms with Crippen LogP contribution in [0.4, 0.5) is 0 Å². The molecule has 4 aromatic rings. The molecule has 4 rings (SSSR count). The molecule has 1 heterocycles. The van der Waals surface area contributed by atoms with Crippen molar-refractivity contribution in [1.82, 2.24) is 9.55 Å². The lowest BCUT2D eigenvalue weighted by Gasteiger charge is -2.08. The second-order valence-corrected chi connectivity index (χ2v) is 6.45. The number of nitrogens with zero attached hydrogens (tertiary/aromatic N) is 2. The van der Waals surface area contributed by atoms with Crippen molar-refractivity contribution in [3.8, 4) is 5.75 Å². The number of rotatable bonds is 4. The fraction of sp³-hybridized carbons (Fsp3) is 0.136. The monoisotopic (exact) mass is 358 g/mol. The third kappa shape index (κ3) is 3.44. The summed E-state index contributed by atoms with van der Waals surface area (Å²) in [6.07, 6.45) is 1.58. The molecule has 5 heteroatoms. The topological polar surface area (TPSA) is 61.2 Å². The molecule has 0 aliphatic heterocycles. The van der Waals surface area contributed by atoms with Gasteiger partial charge in [0.2, 0.25) is 0 Å². The molecular weight excluding hydrogens is 340 g/mol. The van der Waals surface area contributed by atoms with E-state index in [1.54, 1.807) is 12.1 Å². The van der Waals surface area contributed by atoms with Gasteiger partial charge >= 0.3 is 5.97 Å². The van der Waals surface area contributed by atoms with Gasteiger partial charge in [-0.3, -0.25) is 14.2 Å². The first kappa shape index (κ1) is 17.0. The van der Waals surface area contributed by atoms with Crippen molar-refractivity contribution < 1.29 is 9.53 Å². The van der Waals surface area contributed by atoms with E-state index in [-0.39, 0.29) is 24.5 Å². The minimum absolute atomic E-state index is 0.0890. The first-order valence-electron chi connectivity index (χ1n) is 8.76. The Balaban J connectivity index is 1.48. The number of aromatic nitrogens is 2. The summed E-state index contributed by atoms with van der Waals surface area (Å²) in [4.78, 5) is 29.1. The molecule has 0 bridgehead atoms. The second kappa shape index (κ2) is 7.03. The van der Waals surface area contributed by atoms with E-state index in [9.17, 15) is 9.59 Å². The number of aryl methyl sites for hydroxylation is 2. The van der Waals surface area contributed by atoms with Gasteiger partial charge in [0.25, 0.3) is 5.56 Å². The van der Waals surface area contributed by atoms with Crippen LogP contribution < -0.4 is 10.3 Å². The van der Waals surface area contributed by atoms with E-state index in [1.807, 2.05) is 55.5 Å². The van der Waals surface area contributed by atoms with Gasteiger partial charge in [-0.05, 0) is 41.5 Å². The number of hydrogen-bond acceptors (Lipinski definition) is 4. The Labute approximate surface area is 155 Å². The van der Waals surface area contributed by atoms with Crippen LogP contribution in [0.3, 0.4) is 0 Å².